The number of tetrazole rings is 1. The number of nitrogens with zero attached hydrogens (tertiary/aromatic N) is 6. The second-order valence-corrected chi connectivity index (χ2v) is 6.83. The van der Waals surface area contributed by atoms with Crippen molar-refractivity contribution in [2.24, 2.45) is 0 Å². The van der Waals surface area contributed by atoms with Gasteiger partial charge in [0.05, 0.1) is 5.69 Å². The van der Waals surface area contributed by atoms with Crippen molar-refractivity contribution in [2.45, 2.75) is 12.8 Å². The molecule has 4 rings (SSSR count). The van der Waals surface area contributed by atoms with Gasteiger partial charge in [-0.05, 0) is 52.7 Å². The van der Waals surface area contributed by atoms with Crippen LogP contribution in [-0.4, -0.2) is 57.2 Å². The van der Waals surface area contributed by atoms with Gasteiger partial charge in [-0.1, -0.05) is 23.3 Å². The van der Waals surface area contributed by atoms with Crippen molar-refractivity contribution in [3.8, 4) is 5.69 Å². The minimum Gasteiger partial charge on any atom is -0.339 e. The molecule has 0 unspecified atom stereocenters. The maximum atomic E-state index is 13.7. The predicted octanol–water partition coefficient (Wildman–Crippen LogP) is 2.22. The minimum absolute atomic E-state index is 0.0732. The molecule has 0 atom stereocenters. The SMILES string of the molecule is O=C(CCc1cc(F)ccc1F)N1CCN(c2nnnn2-c2ccccc2)CC1. The molecular formula is C20H20F2N6O. The molecule has 29 heavy (non-hydrogen) atoms. The van der Waals surface area contributed by atoms with E-state index in [-0.39, 0.29) is 24.3 Å². The number of aryl methyl sites for hydroxylation is 1. The highest BCUT2D eigenvalue weighted by Crippen LogP contribution is 2.18. The normalized spacial score (nSPS) is 14.3. The third-order valence-corrected chi connectivity index (χ3v) is 4.98. The lowest BCUT2D eigenvalue weighted by atomic mass is 10.1. The summed E-state index contributed by atoms with van der Waals surface area (Å²) in [5.41, 5.74) is 1.09. The molecule has 0 saturated carbocycles. The first kappa shape index (κ1) is 19.0. The molecule has 7 nitrogen and oxygen atoms in total. The summed E-state index contributed by atoms with van der Waals surface area (Å²) in [5, 5.41) is 12.0. The van der Waals surface area contributed by atoms with Crippen LogP contribution >= 0.6 is 0 Å². The molecule has 150 valence electrons. The molecule has 0 N–H and O–H groups in total. The highest BCUT2D eigenvalue weighted by molar-refractivity contribution is 5.76. The van der Waals surface area contributed by atoms with E-state index in [0.29, 0.717) is 32.1 Å². The van der Waals surface area contributed by atoms with Gasteiger partial charge in [-0.15, -0.1) is 0 Å². The molecule has 0 aliphatic carbocycles. The first-order valence-corrected chi connectivity index (χ1v) is 9.42. The molecule has 0 spiro atoms. The van der Waals surface area contributed by atoms with Crippen molar-refractivity contribution in [2.75, 3.05) is 31.1 Å². The van der Waals surface area contributed by atoms with E-state index in [9.17, 15) is 13.6 Å². The van der Waals surface area contributed by atoms with E-state index in [2.05, 4.69) is 15.5 Å². The van der Waals surface area contributed by atoms with Gasteiger partial charge in [-0.3, -0.25) is 4.79 Å². The van der Waals surface area contributed by atoms with Gasteiger partial charge >= 0.3 is 0 Å². The molecule has 1 aliphatic rings. The van der Waals surface area contributed by atoms with E-state index in [0.717, 1.165) is 23.9 Å². The number of rotatable bonds is 5. The number of aromatic nitrogens is 4. The average molecular weight is 398 g/mol. The average Bonchev–Trinajstić information content (AvgIpc) is 3.25. The van der Waals surface area contributed by atoms with Gasteiger partial charge in [0.25, 0.3) is 0 Å². The minimum atomic E-state index is -0.501. The summed E-state index contributed by atoms with van der Waals surface area (Å²) >= 11 is 0. The van der Waals surface area contributed by atoms with Gasteiger partial charge in [0.1, 0.15) is 11.6 Å². The third-order valence-electron chi connectivity index (χ3n) is 4.98. The molecule has 3 aromatic rings. The molecule has 9 heteroatoms. The zero-order valence-corrected chi connectivity index (χ0v) is 15.7. The highest BCUT2D eigenvalue weighted by Gasteiger charge is 2.25. The maximum absolute atomic E-state index is 13.7. The van der Waals surface area contributed by atoms with Crippen molar-refractivity contribution < 1.29 is 13.6 Å². The summed E-state index contributed by atoms with van der Waals surface area (Å²) in [6, 6.07) is 12.9. The Hall–Kier alpha value is -3.36. The predicted molar refractivity (Wildman–Crippen MR) is 103 cm³/mol. The van der Waals surface area contributed by atoms with E-state index in [1.165, 1.54) is 0 Å². The smallest absolute Gasteiger partial charge is 0.250 e. The third kappa shape index (κ3) is 4.23. The number of carbonyl (C=O) groups is 1. The van der Waals surface area contributed by atoms with Gasteiger partial charge in [-0.25, -0.2) is 8.78 Å². The number of amides is 1. The first-order chi connectivity index (χ1) is 14.1. The number of piperazine rings is 1. The summed E-state index contributed by atoms with van der Waals surface area (Å²) in [6.07, 6.45) is 0.316. The Morgan fingerprint density at radius 1 is 1.00 bits per heavy atom. The number of anilines is 1. The van der Waals surface area contributed by atoms with Crippen LogP contribution in [0, 0.1) is 11.6 Å². The van der Waals surface area contributed by atoms with E-state index in [1.54, 1.807) is 9.58 Å². The van der Waals surface area contributed by atoms with Crippen LogP contribution in [0.5, 0.6) is 0 Å². The van der Waals surface area contributed by atoms with Crippen LogP contribution < -0.4 is 4.90 Å². The fourth-order valence-corrected chi connectivity index (χ4v) is 3.41. The summed E-state index contributed by atoms with van der Waals surface area (Å²) in [5.74, 6) is -0.434. The lowest BCUT2D eigenvalue weighted by Crippen LogP contribution is -2.49. The number of halogens is 2. The Labute approximate surface area is 166 Å². The molecule has 2 heterocycles. The van der Waals surface area contributed by atoms with E-state index in [1.807, 2.05) is 35.2 Å². The van der Waals surface area contributed by atoms with Gasteiger partial charge in [0, 0.05) is 32.6 Å². The standard InChI is InChI=1S/C20H20F2N6O/c21-16-7-8-18(22)15(14-16)6-9-19(29)26-10-12-27(13-11-26)20-23-24-25-28(20)17-4-2-1-3-5-17/h1-5,7-8,14H,6,9-13H2. The highest BCUT2D eigenvalue weighted by atomic mass is 19.1. The second-order valence-electron chi connectivity index (χ2n) is 6.83. The molecule has 1 aromatic heterocycles. The van der Waals surface area contributed by atoms with Crippen LogP contribution in [0.15, 0.2) is 48.5 Å². The maximum Gasteiger partial charge on any atom is 0.250 e. The van der Waals surface area contributed by atoms with Gasteiger partial charge in [0.15, 0.2) is 0 Å². The molecule has 1 saturated heterocycles. The Morgan fingerprint density at radius 2 is 1.76 bits per heavy atom. The summed E-state index contributed by atoms with van der Waals surface area (Å²) in [7, 11) is 0. The number of hydrogen-bond acceptors (Lipinski definition) is 5. The zero-order chi connectivity index (χ0) is 20.2. The van der Waals surface area contributed by atoms with Crippen LogP contribution in [0.4, 0.5) is 14.7 Å². The Kier molecular flexibility index (Phi) is 5.46. The first-order valence-electron chi connectivity index (χ1n) is 9.42. The van der Waals surface area contributed by atoms with Crippen molar-refractivity contribution in [1.82, 2.24) is 25.1 Å². The van der Waals surface area contributed by atoms with E-state index < -0.39 is 11.6 Å². The monoisotopic (exact) mass is 398 g/mol. The Morgan fingerprint density at radius 3 is 2.52 bits per heavy atom. The van der Waals surface area contributed by atoms with Crippen molar-refractivity contribution in [3.05, 3.63) is 65.7 Å². The number of hydrogen-bond donors (Lipinski definition) is 0. The van der Waals surface area contributed by atoms with Crippen LogP contribution in [-0.2, 0) is 11.2 Å². The van der Waals surface area contributed by atoms with Crippen LogP contribution in [0.1, 0.15) is 12.0 Å². The molecular weight excluding hydrogens is 378 g/mol. The number of carbonyl (C=O) groups excluding carboxylic acids is 1. The topological polar surface area (TPSA) is 67.2 Å². The van der Waals surface area contributed by atoms with Gasteiger partial charge < -0.3 is 9.80 Å². The van der Waals surface area contributed by atoms with E-state index in [4.69, 9.17) is 0 Å². The van der Waals surface area contributed by atoms with Gasteiger partial charge in [-0.2, -0.15) is 4.68 Å². The van der Waals surface area contributed by atoms with Crippen LogP contribution in [0.2, 0.25) is 0 Å². The van der Waals surface area contributed by atoms with Crippen molar-refractivity contribution >= 4 is 11.9 Å². The van der Waals surface area contributed by atoms with Crippen LogP contribution in [0.25, 0.3) is 5.69 Å². The van der Waals surface area contributed by atoms with Crippen molar-refractivity contribution in [1.29, 1.82) is 0 Å². The fourth-order valence-electron chi connectivity index (χ4n) is 3.41. The van der Waals surface area contributed by atoms with Crippen LogP contribution in [0.3, 0.4) is 0 Å². The fraction of sp³-hybridized carbons (Fsp3) is 0.300. The Balaban J connectivity index is 1.35. The second kappa shape index (κ2) is 8.34. The van der Waals surface area contributed by atoms with E-state index >= 15 is 0 Å². The summed E-state index contributed by atoms with van der Waals surface area (Å²) in [4.78, 5) is 16.3. The molecule has 1 fully saturated rings. The van der Waals surface area contributed by atoms with Crippen molar-refractivity contribution in [3.63, 3.8) is 0 Å². The zero-order valence-electron chi connectivity index (χ0n) is 15.7. The molecule has 0 bridgehead atoms. The molecule has 1 amide bonds. The largest absolute Gasteiger partial charge is 0.339 e. The summed E-state index contributed by atoms with van der Waals surface area (Å²) in [6.45, 7) is 2.22. The summed E-state index contributed by atoms with van der Waals surface area (Å²) < 4.78 is 28.7. The molecule has 0 radical (unpaired) electrons. The molecule has 2 aromatic carbocycles. The quantitative estimate of drug-likeness (QED) is 0.659. The number of benzene rings is 2. The Bertz CT molecular complexity index is 986. The lowest BCUT2D eigenvalue weighted by Gasteiger charge is -2.34. The molecule has 1 aliphatic heterocycles. The van der Waals surface area contributed by atoms with Gasteiger partial charge in [0.2, 0.25) is 11.9 Å². The lowest BCUT2D eigenvalue weighted by molar-refractivity contribution is -0.131. The number of para-hydroxylation sites is 1.